The Hall–Kier alpha value is -0.990. The third-order valence-corrected chi connectivity index (χ3v) is 4.48. The molecule has 1 atom stereocenters. The highest BCUT2D eigenvalue weighted by Crippen LogP contribution is 2.42. The van der Waals surface area contributed by atoms with Gasteiger partial charge in [-0.2, -0.15) is 5.26 Å². The van der Waals surface area contributed by atoms with Crippen molar-refractivity contribution >= 4 is 11.8 Å². The highest BCUT2D eigenvalue weighted by atomic mass is 32.2. The summed E-state index contributed by atoms with van der Waals surface area (Å²) in [5.41, 5.74) is -0.398. The van der Waals surface area contributed by atoms with Crippen molar-refractivity contribution in [3.8, 4) is 6.07 Å². The lowest BCUT2D eigenvalue weighted by molar-refractivity contribution is 0.370. The lowest BCUT2D eigenvalue weighted by atomic mass is 9.96. The third kappa shape index (κ3) is 2.88. The van der Waals surface area contributed by atoms with Crippen LogP contribution in [0.2, 0.25) is 0 Å². The Kier molecular flexibility index (Phi) is 3.98. The van der Waals surface area contributed by atoms with Crippen molar-refractivity contribution in [2.75, 3.05) is 5.75 Å². The molecule has 0 aromatic carbocycles. The molecule has 5 heteroatoms. The average molecular weight is 264 g/mol. The number of hydrogen-bond acceptors (Lipinski definition) is 4. The zero-order chi connectivity index (χ0) is 13.2. The van der Waals surface area contributed by atoms with Crippen molar-refractivity contribution in [2.45, 2.75) is 43.4 Å². The standard InChI is InChI=1S/C13H20N4S/c1-10(2)16-13(8-14,11-4-5-11)9-18-12-15-6-7-17(12)3/h6-7,10-11,16H,4-5,9H2,1-3H3. The first kappa shape index (κ1) is 13.4. The van der Waals surface area contributed by atoms with Crippen LogP contribution in [0.25, 0.3) is 0 Å². The molecule has 1 aliphatic rings. The van der Waals surface area contributed by atoms with Crippen molar-refractivity contribution < 1.29 is 0 Å². The van der Waals surface area contributed by atoms with Crippen LogP contribution in [-0.4, -0.2) is 26.9 Å². The molecule has 4 nitrogen and oxygen atoms in total. The third-order valence-electron chi connectivity index (χ3n) is 3.23. The van der Waals surface area contributed by atoms with Gasteiger partial charge >= 0.3 is 0 Å². The topological polar surface area (TPSA) is 53.6 Å². The van der Waals surface area contributed by atoms with Crippen molar-refractivity contribution in [2.24, 2.45) is 13.0 Å². The summed E-state index contributed by atoms with van der Waals surface area (Å²) in [6, 6.07) is 2.85. The largest absolute Gasteiger partial charge is 0.329 e. The summed E-state index contributed by atoms with van der Waals surface area (Å²) in [6.07, 6.45) is 6.05. The molecule has 1 aromatic heterocycles. The predicted molar refractivity (Wildman–Crippen MR) is 73.3 cm³/mol. The highest BCUT2D eigenvalue weighted by Gasteiger charge is 2.46. The second-order valence-corrected chi connectivity index (χ2v) is 6.21. The van der Waals surface area contributed by atoms with E-state index in [4.69, 9.17) is 0 Å². The first-order chi connectivity index (χ1) is 8.57. The van der Waals surface area contributed by atoms with Crippen LogP contribution in [0, 0.1) is 17.2 Å². The number of nitrogens with zero attached hydrogens (tertiary/aromatic N) is 3. The molecule has 0 saturated heterocycles. The van der Waals surface area contributed by atoms with E-state index in [2.05, 4.69) is 30.2 Å². The molecule has 1 aromatic rings. The molecule has 18 heavy (non-hydrogen) atoms. The predicted octanol–water partition coefficient (Wildman–Crippen LogP) is 2.18. The minimum Gasteiger partial charge on any atom is -0.329 e. The number of aryl methyl sites for hydroxylation is 1. The van der Waals surface area contributed by atoms with Crippen molar-refractivity contribution in [1.82, 2.24) is 14.9 Å². The molecule has 0 radical (unpaired) electrons. The van der Waals surface area contributed by atoms with Gasteiger partial charge in [0.1, 0.15) is 5.54 Å². The Labute approximate surface area is 113 Å². The molecule has 98 valence electrons. The maximum absolute atomic E-state index is 9.58. The Morgan fingerprint density at radius 1 is 1.67 bits per heavy atom. The molecule has 1 saturated carbocycles. The molecule has 2 rings (SSSR count). The quantitative estimate of drug-likeness (QED) is 0.800. The zero-order valence-electron chi connectivity index (χ0n) is 11.2. The molecule has 0 bridgehead atoms. The van der Waals surface area contributed by atoms with Gasteiger partial charge in [0.15, 0.2) is 5.16 Å². The fourth-order valence-electron chi connectivity index (χ4n) is 2.19. The second kappa shape index (κ2) is 5.33. The maximum atomic E-state index is 9.58. The van der Waals surface area contributed by atoms with Gasteiger partial charge in [0, 0.05) is 31.2 Å². The zero-order valence-corrected chi connectivity index (χ0v) is 12.0. The van der Waals surface area contributed by atoms with Gasteiger partial charge in [-0.25, -0.2) is 4.98 Å². The van der Waals surface area contributed by atoms with E-state index in [0.29, 0.717) is 12.0 Å². The minimum absolute atomic E-state index is 0.326. The molecule has 1 heterocycles. The average Bonchev–Trinajstić information content (AvgIpc) is 3.09. The fourth-order valence-corrected chi connectivity index (χ4v) is 3.33. The number of nitriles is 1. The van der Waals surface area contributed by atoms with Crippen LogP contribution in [0.15, 0.2) is 17.6 Å². The minimum atomic E-state index is -0.398. The van der Waals surface area contributed by atoms with E-state index in [1.165, 1.54) is 0 Å². The van der Waals surface area contributed by atoms with E-state index >= 15 is 0 Å². The van der Waals surface area contributed by atoms with E-state index in [1.807, 2.05) is 17.8 Å². The number of hydrogen-bond donors (Lipinski definition) is 1. The SMILES string of the molecule is CC(C)NC(C#N)(CSc1nccn1C)C1CC1. The number of nitrogens with one attached hydrogen (secondary N) is 1. The molecular formula is C13H20N4S. The summed E-state index contributed by atoms with van der Waals surface area (Å²) in [5, 5.41) is 14.0. The molecule has 0 aliphatic heterocycles. The normalized spacial score (nSPS) is 18.6. The number of thioether (sulfide) groups is 1. The van der Waals surface area contributed by atoms with Crippen LogP contribution < -0.4 is 5.32 Å². The van der Waals surface area contributed by atoms with Crippen molar-refractivity contribution in [1.29, 1.82) is 5.26 Å². The highest BCUT2D eigenvalue weighted by molar-refractivity contribution is 7.99. The first-order valence-electron chi connectivity index (χ1n) is 6.36. The summed E-state index contributed by atoms with van der Waals surface area (Å²) in [5.74, 6) is 1.26. The Balaban J connectivity index is 2.06. The van der Waals surface area contributed by atoms with Crippen LogP contribution >= 0.6 is 11.8 Å². The molecule has 1 fully saturated rings. The fraction of sp³-hybridized carbons (Fsp3) is 0.692. The van der Waals surface area contributed by atoms with Gasteiger partial charge in [-0.3, -0.25) is 5.32 Å². The van der Waals surface area contributed by atoms with E-state index in [-0.39, 0.29) is 0 Å². The molecular weight excluding hydrogens is 244 g/mol. The smallest absolute Gasteiger partial charge is 0.167 e. The first-order valence-corrected chi connectivity index (χ1v) is 7.35. The summed E-state index contributed by atoms with van der Waals surface area (Å²) < 4.78 is 2.00. The second-order valence-electron chi connectivity index (χ2n) is 5.27. The lowest BCUT2D eigenvalue weighted by Crippen LogP contribution is -2.51. The molecule has 0 spiro atoms. The van der Waals surface area contributed by atoms with Crippen LogP contribution in [0.3, 0.4) is 0 Å². The van der Waals surface area contributed by atoms with Crippen molar-refractivity contribution in [3.63, 3.8) is 0 Å². The van der Waals surface area contributed by atoms with Gasteiger partial charge in [-0.15, -0.1) is 0 Å². The monoisotopic (exact) mass is 264 g/mol. The van der Waals surface area contributed by atoms with E-state index in [9.17, 15) is 5.26 Å². The van der Waals surface area contributed by atoms with Crippen LogP contribution in [-0.2, 0) is 7.05 Å². The van der Waals surface area contributed by atoms with Gasteiger partial charge in [0.05, 0.1) is 6.07 Å². The Morgan fingerprint density at radius 2 is 2.39 bits per heavy atom. The van der Waals surface area contributed by atoms with Gasteiger partial charge in [0.2, 0.25) is 0 Å². The molecule has 1 unspecified atom stereocenters. The molecule has 1 aliphatic carbocycles. The van der Waals surface area contributed by atoms with Crippen LogP contribution in [0.4, 0.5) is 0 Å². The van der Waals surface area contributed by atoms with Gasteiger partial charge in [-0.1, -0.05) is 11.8 Å². The van der Waals surface area contributed by atoms with Gasteiger partial charge in [0.25, 0.3) is 0 Å². The summed E-state index contributed by atoms with van der Waals surface area (Å²) in [6.45, 7) is 4.19. The van der Waals surface area contributed by atoms with Gasteiger partial charge in [-0.05, 0) is 32.6 Å². The number of imidazole rings is 1. The Bertz CT molecular complexity index is 444. The molecule has 1 N–H and O–H groups in total. The summed E-state index contributed by atoms with van der Waals surface area (Å²) in [4.78, 5) is 4.30. The van der Waals surface area contributed by atoms with E-state index in [0.717, 1.165) is 23.8 Å². The van der Waals surface area contributed by atoms with Crippen LogP contribution in [0.1, 0.15) is 26.7 Å². The van der Waals surface area contributed by atoms with E-state index < -0.39 is 5.54 Å². The van der Waals surface area contributed by atoms with Crippen molar-refractivity contribution in [3.05, 3.63) is 12.4 Å². The van der Waals surface area contributed by atoms with E-state index in [1.54, 1.807) is 18.0 Å². The summed E-state index contributed by atoms with van der Waals surface area (Å²) >= 11 is 1.66. The number of aromatic nitrogens is 2. The van der Waals surface area contributed by atoms with Gasteiger partial charge < -0.3 is 4.57 Å². The Morgan fingerprint density at radius 3 is 2.83 bits per heavy atom. The van der Waals surface area contributed by atoms with Crippen LogP contribution in [0.5, 0.6) is 0 Å². The maximum Gasteiger partial charge on any atom is 0.167 e. The molecule has 0 amide bonds. The number of rotatable bonds is 6. The lowest BCUT2D eigenvalue weighted by Gasteiger charge is -2.29. The summed E-state index contributed by atoms with van der Waals surface area (Å²) in [7, 11) is 1.98.